The van der Waals surface area contributed by atoms with Crippen LogP contribution in [0.25, 0.3) is 0 Å². The van der Waals surface area contributed by atoms with Crippen LogP contribution < -0.4 is 4.72 Å². The SMILES string of the molecule is CC(C)c1nn(C)cc1NS(=O)(=O)c1ccc(C(=O)O)c(C(F)(F)F)c1. The summed E-state index contributed by atoms with van der Waals surface area (Å²) in [6.07, 6.45) is -3.63. The zero-order valence-electron chi connectivity index (χ0n) is 14.0. The Bertz CT molecular complexity index is 950. The number of halogens is 3. The Kier molecular flexibility index (Phi) is 5.04. The number of rotatable bonds is 5. The molecule has 0 aliphatic rings. The number of carboxylic acid groups (broad SMARTS) is 1. The number of nitrogens with zero attached hydrogens (tertiary/aromatic N) is 2. The predicted octanol–water partition coefficient (Wildman–Crippen LogP) is 3.06. The largest absolute Gasteiger partial charge is 0.478 e. The van der Waals surface area contributed by atoms with Crippen LogP contribution in [0.5, 0.6) is 0 Å². The van der Waals surface area contributed by atoms with Gasteiger partial charge in [-0.05, 0) is 24.1 Å². The van der Waals surface area contributed by atoms with E-state index in [4.69, 9.17) is 5.11 Å². The second kappa shape index (κ2) is 6.63. The minimum atomic E-state index is -5.02. The number of hydrogen-bond donors (Lipinski definition) is 2. The molecule has 26 heavy (non-hydrogen) atoms. The second-order valence-electron chi connectivity index (χ2n) is 5.87. The first-order valence-corrected chi connectivity index (χ1v) is 8.82. The van der Waals surface area contributed by atoms with Gasteiger partial charge in [-0.3, -0.25) is 9.40 Å². The number of aromatic nitrogens is 2. The van der Waals surface area contributed by atoms with Gasteiger partial charge in [0.1, 0.15) is 0 Å². The monoisotopic (exact) mass is 391 g/mol. The molecule has 2 rings (SSSR count). The fraction of sp³-hybridized carbons (Fsp3) is 0.333. The van der Waals surface area contributed by atoms with Gasteiger partial charge in [0.25, 0.3) is 10.0 Å². The Hall–Kier alpha value is -2.56. The van der Waals surface area contributed by atoms with Crippen molar-refractivity contribution in [3.63, 3.8) is 0 Å². The minimum absolute atomic E-state index is 0.131. The summed E-state index contributed by atoms with van der Waals surface area (Å²) in [5, 5.41) is 13.0. The van der Waals surface area contributed by atoms with Crippen molar-refractivity contribution in [3.05, 3.63) is 41.2 Å². The average Bonchev–Trinajstić information content (AvgIpc) is 2.85. The lowest BCUT2D eigenvalue weighted by molar-refractivity contribution is -0.138. The number of carbonyl (C=O) groups is 1. The zero-order chi connectivity index (χ0) is 19.9. The van der Waals surface area contributed by atoms with E-state index >= 15 is 0 Å². The molecule has 0 radical (unpaired) electrons. The summed E-state index contributed by atoms with van der Waals surface area (Å²) in [4.78, 5) is 10.3. The maximum absolute atomic E-state index is 13.1. The molecular weight excluding hydrogens is 375 g/mol. The third kappa shape index (κ3) is 3.98. The zero-order valence-corrected chi connectivity index (χ0v) is 14.8. The Morgan fingerprint density at radius 3 is 2.42 bits per heavy atom. The highest BCUT2D eigenvalue weighted by atomic mass is 32.2. The molecule has 0 saturated heterocycles. The van der Waals surface area contributed by atoms with Crippen molar-refractivity contribution >= 4 is 21.7 Å². The third-order valence-electron chi connectivity index (χ3n) is 3.49. The predicted molar refractivity (Wildman–Crippen MR) is 86.5 cm³/mol. The van der Waals surface area contributed by atoms with E-state index in [2.05, 4.69) is 9.82 Å². The van der Waals surface area contributed by atoms with Crippen molar-refractivity contribution in [2.75, 3.05) is 4.72 Å². The van der Waals surface area contributed by atoms with Crippen molar-refractivity contribution in [1.29, 1.82) is 0 Å². The van der Waals surface area contributed by atoms with Crippen LogP contribution in [0.3, 0.4) is 0 Å². The summed E-state index contributed by atoms with van der Waals surface area (Å²) in [5.41, 5.74) is -2.00. The van der Waals surface area contributed by atoms with Crippen molar-refractivity contribution in [3.8, 4) is 0 Å². The lowest BCUT2D eigenvalue weighted by Crippen LogP contribution is -2.18. The van der Waals surface area contributed by atoms with E-state index in [-0.39, 0.29) is 11.6 Å². The van der Waals surface area contributed by atoms with E-state index < -0.39 is 38.2 Å². The standard InChI is InChI=1S/C15H16F3N3O4S/c1-8(2)13-12(7-21(3)19-13)20-26(24,25)9-4-5-10(14(22)23)11(6-9)15(16,17)18/h4-8,20H,1-3H3,(H,22,23). The van der Waals surface area contributed by atoms with E-state index in [1.165, 1.54) is 10.9 Å². The number of carboxylic acids is 1. The highest BCUT2D eigenvalue weighted by Gasteiger charge is 2.36. The van der Waals surface area contributed by atoms with E-state index in [0.29, 0.717) is 17.8 Å². The number of hydrogen-bond acceptors (Lipinski definition) is 4. The van der Waals surface area contributed by atoms with Crippen LogP contribution in [-0.4, -0.2) is 29.3 Å². The van der Waals surface area contributed by atoms with Gasteiger partial charge >= 0.3 is 12.1 Å². The van der Waals surface area contributed by atoms with Crippen LogP contribution in [0.2, 0.25) is 0 Å². The molecule has 0 amide bonds. The van der Waals surface area contributed by atoms with E-state index in [1.54, 1.807) is 20.9 Å². The maximum Gasteiger partial charge on any atom is 0.417 e. The van der Waals surface area contributed by atoms with E-state index in [1.807, 2.05) is 0 Å². The molecule has 11 heteroatoms. The maximum atomic E-state index is 13.1. The number of anilines is 1. The molecule has 0 spiro atoms. The number of aryl methyl sites for hydroxylation is 1. The number of alkyl halides is 3. The quantitative estimate of drug-likeness (QED) is 0.816. The molecule has 1 heterocycles. The molecule has 0 bridgehead atoms. The minimum Gasteiger partial charge on any atom is -0.478 e. The molecule has 7 nitrogen and oxygen atoms in total. The molecule has 0 saturated carbocycles. The van der Waals surface area contributed by atoms with Gasteiger partial charge in [-0.1, -0.05) is 13.8 Å². The van der Waals surface area contributed by atoms with Gasteiger partial charge in [0, 0.05) is 13.2 Å². The smallest absolute Gasteiger partial charge is 0.417 e. The fourth-order valence-electron chi connectivity index (χ4n) is 2.33. The van der Waals surface area contributed by atoms with Gasteiger partial charge in [-0.2, -0.15) is 18.3 Å². The van der Waals surface area contributed by atoms with Gasteiger partial charge in [0.15, 0.2) is 0 Å². The number of nitrogens with one attached hydrogen (secondary N) is 1. The molecule has 0 aliphatic heterocycles. The molecule has 0 atom stereocenters. The third-order valence-corrected chi connectivity index (χ3v) is 4.85. The average molecular weight is 391 g/mol. The lowest BCUT2D eigenvalue weighted by atomic mass is 10.1. The second-order valence-corrected chi connectivity index (χ2v) is 7.55. The van der Waals surface area contributed by atoms with Crippen LogP contribution in [-0.2, 0) is 23.2 Å². The van der Waals surface area contributed by atoms with Gasteiger partial charge < -0.3 is 5.11 Å². The molecule has 142 valence electrons. The molecule has 0 fully saturated rings. The molecule has 0 unspecified atom stereocenters. The summed E-state index contributed by atoms with van der Waals surface area (Å²) in [6.45, 7) is 3.56. The van der Waals surface area contributed by atoms with Crippen molar-refractivity contribution < 1.29 is 31.5 Å². The summed E-state index contributed by atoms with van der Waals surface area (Å²) in [6, 6.07) is 1.73. The molecular formula is C15H16F3N3O4S. The summed E-state index contributed by atoms with van der Waals surface area (Å²) >= 11 is 0. The van der Waals surface area contributed by atoms with Crippen LogP contribution in [0.1, 0.15) is 41.4 Å². The molecule has 1 aromatic carbocycles. The number of sulfonamides is 1. The first-order chi connectivity index (χ1) is 11.8. The highest BCUT2D eigenvalue weighted by Crippen LogP contribution is 2.34. The molecule has 0 aliphatic carbocycles. The molecule has 2 aromatic rings. The van der Waals surface area contributed by atoms with Crippen LogP contribution >= 0.6 is 0 Å². The first-order valence-electron chi connectivity index (χ1n) is 7.34. The first kappa shape index (κ1) is 19.8. The van der Waals surface area contributed by atoms with Crippen LogP contribution in [0, 0.1) is 0 Å². The lowest BCUT2D eigenvalue weighted by Gasteiger charge is -2.13. The van der Waals surface area contributed by atoms with Crippen LogP contribution in [0.4, 0.5) is 18.9 Å². The highest BCUT2D eigenvalue weighted by molar-refractivity contribution is 7.92. The van der Waals surface area contributed by atoms with Crippen LogP contribution in [0.15, 0.2) is 29.3 Å². The summed E-state index contributed by atoms with van der Waals surface area (Å²) < 4.78 is 67.8. The molecule has 1 aromatic heterocycles. The number of benzene rings is 1. The normalized spacial score (nSPS) is 12.4. The van der Waals surface area contributed by atoms with Gasteiger partial charge in [-0.15, -0.1) is 0 Å². The topological polar surface area (TPSA) is 101 Å². The van der Waals surface area contributed by atoms with Gasteiger partial charge in [0.05, 0.1) is 27.4 Å². The van der Waals surface area contributed by atoms with E-state index in [9.17, 15) is 26.4 Å². The van der Waals surface area contributed by atoms with Crippen molar-refractivity contribution in [2.45, 2.75) is 30.8 Å². The Balaban J connectivity index is 2.52. The Morgan fingerprint density at radius 1 is 1.31 bits per heavy atom. The molecule has 2 N–H and O–H groups in total. The summed E-state index contributed by atoms with van der Waals surface area (Å²) in [7, 11) is -2.80. The fourth-order valence-corrected chi connectivity index (χ4v) is 3.41. The Morgan fingerprint density at radius 2 is 1.92 bits per heavy atom. The van der Waals surface area contributed by atoms with Gasteiger partial charge in [0.2, 0.25) is 0 Å². The summed E-state index contributed by atoms with van der Waals surface area (Å²) in [5.74, 6) is -1.93. The van der Waals surface area contributed by atoms with E-state index in [0.717, 1.165) is 6.07 Å². The van der Waals surface area contributed by atoms with Crippen molar-refractivity contribution in [2.24, 2.45) is 7.05 Å². The van der Waals surface area contributed by atoms with Gasteiger partial charge in [-0.25, -0.2) is 13.2 Å². The van der Waals surface area contributed by atoms with Crippen molar-refractivity contribution in [1.82, 2.24) is 9.78 Å². The Labute approximate surface area is 147 Å². The number of aromatic carboxylic acids is 1.